The molecule has 4 atom stereocenters. The molecule has 0 spiro atoms. The minimum absolute atomic E-state index is 0.0921. The molecule has 0 aromatic heterocycles. The second-order valence-corrected chi connectivity index (χ2v) is 8.36. The highest BCUT2D eigenvalue weighted by Crippen LogP contribution is 2.45. The van der Waals surface area contributed by atoms with Gasteiger partial charge in [0.2, 0.25) is 0 Å². The van der Waals surface area contributed by atoms with Crippen molar-refractivity contribution in [3.63, 3.8) is 0 Å². The number of hydrogen-bond acceptors (Lipinski definition) is 4. The number of aliphatic hydroxyl groups is 1. The first-order valence-electron chi connectivity index (χ1n) is 9.77. The van der Waals surface area contributed by atoms with Gasteiger partial charge in [-0.05, 0) is 61.4 Å². The molecular weight excluding hydrogens is 338 g/mol. The standard InChI is InChI=1S/C23H27NO3/c1-16(22(26)18-7-9-21(25)10-8-18)24-14-19-12-23(27,13-20(19)15-24)11-17-5-3-2-4-6-17/h2-10,16,19-20,25,27H,11-15H2,1H3/t16?,19-,20+,23?. The van der Waals surface area contributed by atoms with E-state index in [1.54, 1.807) is 24.3 Å². The molecule has 2 aromatic carbocycles. The number of carbonyl (C=O) groups excluding carboxylic acids is 1. The molecule has 2 aromatic rings. The van der Waals surface area contributed by atoms with Crippen LogP contribution < -0.4 is 0 Å². The van der Waals surface area contributed by atoms with Crippen LogP contribution in [0.4, 0.5) is 0 Å². The quantitative estimate of drug-likeness (QED) is 0.799. The van der Waals surface area contributed by atoms with E-state index < -0.39 is 5.60 Å². The summed E-state index contributed by atoms with van der Waals surface area (Å²) in [4.78, 5) is 15.0. The predicted octanol–water partition coefficient (Wildman–Crippen LogP) is 3.28. The smallest absolute Gasteiger partial charge is 0.179 e. The lowest BCUT2D eigenvalue weighted by Crippen LogP contribution is -2.39. The Hall–Kier alpha value is -2.17. The van der Waals surface area contributed by atoms with E-state index in [9.17, 15) is 15.0 Å². The van der Waals surface area contributed by atoms with Gasteiger partial charge in [0.1, 0.15) is 5.75 Å². The Bertz CT molecular complexity index is 788. The van der Waals surface area contributed by atoms with Crippen LogP contribution in [0.5, 0.6) is 5.75 Å². The van der Waals surface area contributed by atoms with Gasteiger partial charge in [-0.25, -0.2) is 0 Å². The van der Waals surface area contributed by atoms with Gasteiger partial charge in [-0.3, -0.25) is 9.69 Å². The van der Waals surface area contributed by atoms with E-state index in [0.717, 1.165) is 25.9 Å². The number of aromatic hydroxyl groups is 1. The van der Waals surface area contributed by atoms with E-state index in [-0.39, 0.29) is 17.6 Å². The largest absolute Gasteiger partial charge is 0.508 e. The Morgan fingerprint density at radius 3 is 2.26 bits per heavy atom. The summed E-state index contributed by atoms with van der Waals surface area (Å²) in [5, 5.41) is 20.5. The van der Waals surface area contributed by atoms with Gasteiger partial charge < -0.3 is 10.2 Å². The number of phenolic OH excluding ortho intramolecular Hbond substituents is 1. The molecule has 2 N–H and O–H groups in total. The Morgan fingerprint density at radius 1 is 1.07 bits per heavy atom. The Labute approximate surface area is 160 Å². The van der Waals surface area contributed by atoms with Gasteiger partial charge in [-0.2, -0.15) is 0 Å². The number of nitrogens with zero attached hydrogens (tertiary/aromatic N) is 1. The number of rotatable bonds is 5. The minimum Gasteiger partial charge on any atom is -0.508 e. The summed E-state index contributed by atoms with van der Waals surface area (Å²) in [6.45, 7) is 3.70. The molecule has 0 bridgehead atoms. The summed E-state index contributed by atoms with van der Waals surface area (Å²) in [5.74, 6) is 1.17. The number of carbonyl (C=O) groups is 1. The molecule has 1 saturated heterocycles. The van der Waals surface area contributed by atoms with Crippen molar-refractivity contribution in [3.05, 3.63) is 65.7 Å². The zero-order valence-corrected chi connectivity index (χ0v) is 15.7. The highest BCUT2D eigenvalue weighted by Gasteiger charge is 2.49. The van der Waals surface area contributed by atoms with Gasteiger partial charge in [-0.1, -0.05) is 30.3 Å². The van der Waals surface area contributed by atoms with Crippen molar-refractivity contribution in [2.75, 3.05) is 13.1 Å². The van der Waals surface area contributed by atoms with Crippen LogP contribution in [0.15, 0.2) is 54.6 Å². The van der Waals surface area contributed by atoms with Crippen molar-refractivity contribution >= 4 is 5.78 Å². The molecule has 2 aliphatic rings. The average molecular weight is 365 g/mol. The lowest BCUT2D eigenvalue weighted by atomic mass is 9.91. The van der Waals surface area contributed by atoms with Gasteiger partial charge in [0.15, 0.2) is 5.78 Å². The van der Waals surface area contributed by atoms with Crippen molar-refractivity contribution in [1.29, 1.82) is 0 Å². The Kier molecular flexibility index (Phi) is 4.79. The van der Waals surface area contributed by atoms with Gasteiger partial charge >= 0.3 is 0 Å². The highest BCUT2D eigenvalue weighted by atomic mass is 16.3. The molecule has 0 amide bonds. The van der Waals surface area contributed by atoms with E-state index in [2.05, 4.69) is 17.0 Å². The van der Waals surface area contributed by atoms with Crippen LogP contribution in [0.1, 0.15) is 35.7 Å². The molecule has 27 heavy (non-hydrogen) atoms. The number of fused-ring (bicyclic) bond motifs is 1. The molecule has 1 heterocycles. The van der Waals surface area contributed by atoms with Crippen LogP contribution >= 0.6 is 0 Å². The first-order chi connectivity index (χ1) is 12.9. The van der Waals surface area contributed by atoms with E-state index in [4.69, 9.17) is 0 Å². The summed E-state index contributed by atoms with van der Waals surface area (Å²) in [6.07, 6.45) is 2.33. The average Bonchev–Trinajstić information content (AvgIpc) is 3.16. The number of likely N-dealkylation sites (tertiary alicyclic amines) is 1. The first-order valence-corrected chi connectivity index (χ1v) is 9.77. The van der Waals surface area contributed by atoms with Crippen LogP contribution in [-0.4, -0.2) is 45.6 Å². The third-order valence-electron chi connectivity index (χ3n) is 6.34. The van der Waals surface area contributed by atoms with Crippen molar-refractivity contribution in [2.24, 2.45) is 11.8 Å². The predicted molar refractivity (Wildman–Crippen MR) is 105 cm³/mol. The Morgan fingerprint density at radius 2 is 1.67 bits per heavy atom. The van der Waals surface area contributed by atoms with E-state index >= 15 is 0 Å². The van der Waals surface area contributed by atoms with Crippen molar-refractivity contribution in [1.82, 2.24) is 4.90 Å². The monoisotopic (exact) mass is 365 g/mol. The van der Waals surface area contributed by atoms with Crippen molar-refractivity contribution < 1.29 is 15.0 Å². The fourth-order valence-corrected chi connectivity index (χ4v) is 4.97. The Balaban J connectivity index is 1.38. The SMILES string of the molecule is CC(C(=O)c1ccc(O)cc1)N1C[C@@H]2CC(O)(Cc3ccccc3)C[C@@H]2C1. The van der Waals surface area contributed by atoms with Crippen LogP contribution in [0.3, 0.4) is 0 Å². The molecule has 1 aliphatic heterocycles. The molecule has 0 radical (unpaired) electrons. The lowest BCUT2D eigenvalue weighted by molar-refractivity contribution is 0.0337. The fourth-order valence-electron chi connectivity index (χ4n) is 4.97. The third kappa shape index (κ3) is 3.78. The van der Waals surface area contributed by atoms with Crippen LogP contribution in [-0.2, 0) is 6.42 Å². The third-order valence-corrected chi connectivity index (χ3v) is 6.34. The molecule has 2 fully saturated rings. The molecule has 4 heteroatoms. The minimum atomic E-state index is -0.618. The summed E-state index contributed by atoms with van der Waals surface area (Å²) >= 11 is 0. The molecular formula is C23H27NO3. The maximum atomic E-state index is 12.8. The normalized spacial score (nSPS) is 28.8. The second-order valence-electron chi connectivity index (χ2n) is 8.36. The molecule has 4 rings (SSSR count). The first kappa shape index (κ1) is 18.2. The zero-order chi connectivity index (χ0) is 19.0. The number of ketones is 1. The van der Waals surface area contributed by atoms with Crippen molar-refractivity contribution in [3.8, 4) is 5.75 Å². The summed E-state index contributed by atoms with van der Waals surface area (Å²) in [5.41, 5.74) is 1.21. The van der Waals surface area contributed by atoms with Crippen LogP contribution in [0.2, 0.25) is 0 Å². The van der Waals surface area contributed by atoms with Crippen LogP contribution in [0, 0.1) is 11.8 Å². The molecule has 142 valence electrons. The van der Waals surface area contributed by atoms with Crippen molar-refractivity contribution in [2.45, 2.75) is 37.8 Å². The summed E-state index contributed by atoms with van der Waals surface area (Å²) < 4.78 is 0. The van der Waals surface area contributed by atoms with Crippen LogP contribution in [0.25, 0.3) is 0 Å². The number of phenols is 1. The maximum Gasteiger partial charge on any atom is 0.179 e. The molecule has 1 aliphatic carbocycles. The maximum absolute atomic E-state index is 12.8. The van der Waals surface area contributed by atoms with E-state index in [0.29, 0.717) is 23.8 Å². The van der Waals surface area contributed by atoms with Gasteiger partial charge in [0.05, 0.1) is 11.6 Å². The van der Waals surface area contributed by atoms with Gasteiger partial charge in [0, 0.05) is 25.1 Å². The zero-order valence-electron chi connectivity index (χ0n) is 15.7. The fraction of sp³-hybridized carbons (Fsp3) is 0.435. The summed E-state index contributed by atoms with van der Waals surface area (Å²) in [7, 11) is 0. The number of benzene rings is 2. The number of hydrogen-bond donors (Lipinski definition) is 2. The van der Waals surface area contributed by atoms with E-state index in [1.807, 2.05) is 25.1 Å². The van der Waals surface area contributed by atoms with Gasteiger partial charge in [-0.15, -0.1) is 0 Å². The van der Waals surface area contributed by atoms with E-state index in [1.165, 1.54) is 5.56 Å². The van der Waals surface area contributed by atoms with Gasteiger partial charge in [0.25, 0.3) is 0 Å². The second kappa shape index (κ2) is 7.10. The molecule has 4 nitrogen and oxygen atoms in total. The highest BCUT2D eigenvalue weighted by molar-refractivity contribution is 5.99. The summed E-state index contributed by atoms with van der Waals surface area (Å²) in [6, 6.07) is 16.5. The lowest BCUT2D eigenvalue weighted by Gasteiger charge is -2.28. The molecule has 1 saturated carbocycles. The molecule has 2 unspecified atom stereocenters. The topological polar surface area (TPSA) is 60.8 Å². The number of Topliss-reactive ketones (excluding diaryl/α,β-unsaturated/α-hetero) is 1.